The van der Waals surface area contributed by atoms with E-state index in [2.05, 4.69) is 35.9 Å². The molecule has 0 aromatic heterocycles. The average molecular weight is 213 g/mol. The number of nitrogens with one attached hydrogen (secondary N) is 1. The minimum atomic E-state index is 0.804. The molecule has 1 aliphatic rings. The topological polar surface area (TPSA) is 18.5 Å². The van der Waals surface area contributed by atoms with Gasteiger partial charge in [0, 0.05) is 45.8 Å². The van der Waals surface area contributed by atoms with E-state index < -0.39 is 0 Å². The van der Waals surface area contributed by atoms with Crippen LogP contribution in [0.15, 0.2) is 0 Å². The Bertz CT molecular complexity index is 151. The Morgan fingerprint density at radius 2 is 1.67 bits per heavy atom. The Balaban J connectivity index is 2.07. The highest BCUT2D eigenvalue weighted by Gasteiger charge is 2.16. The van der Waals surface area contributed by atoms with Gasteiger partial charge in [-0.2, -0.15) is 0 Å². The van der Waals surface area contributed by atoms with Gasteiger partial charge in [0.2, 0.25) is 0 Å². The van der Waals surface area contributed by atoms with Gasteiger partial charge in [0.05, 0.1) is 0 Å². The first-order chi connectivity index (χ1) is 7.22. The monoisotopic (exact) mass is 213 g/mol. The quantitative estimate of drug-likeness (QED) is 0.661. The van der Waals surface area contributed by atoms with Crippen molar-refractivity contribution < 1.29 is 0 Å². The molecule has 1 N–H and O–H groups in total. The fourth-order valence-electron chi connectivity index (χ4n) is 2.13. The van der Waals surface area contributed by atoms with E-state index in [0.717, 1.165) is 19.0 Å². The molecule has 0 aromatic carbocycles. The van der Waals surface area contributed by atoms with Gasteiger partial charge in [-0.3, -0.25) is 4.90 Å². The molecule has 0 spiro atoms. The molecule has 15 heavy (non-hydrogen) atoms. The molecule has 0 bridgehead atoms. The Kier molecular flexibility index (Phi) is 6.22. The van der Waals surface area contributed by atoms with Crippen molar-refractivity contribution in [3.63, 3.8) is 0 Å². The molecule has 0 aliphatic carbocycles. The zero-order valence-electron chi connectivity index (χ0n) is 10.6. The predicted molar refractivity (Wildman–Crippen MR) is 66.3 cm³/mol. The third-order valence-electron chi connectivity index (χ3n) is 2.94. The van der Waals surface area contributed by atoms with E-state index in [1.807, 2.05) is 0 Å². The van der Waals surface area contributed by atoms with Crippen LogP contribution in [0.1, 0.15) is 20.8 Å². The second-order valence-electron chi connectivity index (χ2n) is 4.89. The van der Waals surface area contributed by atoms with E-state index in [1.165, 1.54) is 39.3 Å². The summed E-state index contributed by atoms with van der Waals surface area (Å²) in [5.74, 6) is 0.804. The fraction of sp³-hybridized carbons (Fsp3) is 1.00. The van der Waals surface area contributed by atoms with Crippen LogP contribution in [0.3, 0.4) is 0 Å². The molecule has 0 amide bonds. The van der Waals surface area contributed by atoms with E-state index in [0.29, 0.717) is 0 Å². The van der Waals surface area contributed by atoms with Crippen molar-refractivity contribution in [2.75, 3.05) is 52.4 Å². The second kappa shape index (κ2) is 7.20. The van der Waals surface area contributed by atoms with Gasteiger partial charge in [0.1, 0.15) is 0 Å². The Labute approximate surface area is 94.8 Å². The highest BCUT2D eigenvalue weighted by molar-refractivity contribution is 4.72. The largest absolute Gasteiger partial charge is 0.316 e. The van der Waals surface area contributed by atoms with E-state index in [-0.39, 0.29) is 0 Å². The maximum atomic E-state index is 3.38. The van der Waals surface area contributed by atoms with Crippen LogP contribution in [0, 0.1) is 5.92 Å². The highest BCUT2D eigenvalue weighted by Crippen LogP contribution is 2.04. The van der Waals surface area contributed by atoms with Crippen molar-refractivity contribution in [3.8, 4) is 0 Å². The van der Waals surface area contributed by atoms with Gasteiger partial charge < -0.3 is 10.2 Å². The van der Waals surface area contributed by atoms with Crippen LogP contribution >= 0.6 is 0 Å². The van der Waals surface area contributed by atoms with Gasteiger partial charge in [0.25, 0.3) is 0 Å². The molecule has 0 atom stereocenters. The normalized spacial score (nSPS) is 20.0. The first-order valence-corrected chi connectivity index (χ1v) is 6.37. The molecule has 1 rings (SSSR count). The van der Waals surface area contributed by atoms with Gasteiger partial charge in [-0.1, -0.05) is 20.8 Å². The van der Waals surface area contributed by atoms with Gasteiger partial charge >= 0.3 is 0 Å². The summed E-state index contributed by atoms with van der Waals surface area (Å²) in [7, 11) is 0. The smallest absolute Gasteiger partial charge is 0.0110 e. The molecule has 3 heteroatoms. The van der Waals surface area contributed by atoms with Crippen molar-refractivity contribution in [2.24, 2.45) is 5.92 Å². The van der Waals surface area contributed by atoms with Crippen LogP contribution < -0.4 is 5.32 Å². The molecule has 1 heterocycles. The molecule has 0 saturated carbocycles. The number of hydrogen-bond acceptors (Lipinski definition) is 3. The first kappa shape index (κ1) is 12.9. The summed E-state index contributed by atoms with van der Waals surface area (Å²) in [4.78, 5) is 5.16. The predicted octanol–water partition coefficient (Wildman–Crippen LogP) is 0.870. The molecule has 0 radical (unpaired) electrons. The average Bonchev–Trinajstić information content (AvgIpc) is 2.20. The molecule has 90 valence electrons. The molecule has 0 unspecified atom stereocenters. The Morgan fingerprint density at radius 1 is 1.07 bits per heavy atom. The van der Waals surface area contributed by atoms with Gasteiger partial charge in [-0.15, -0.1) is 0 Å². The van der Waals surface area contributed by atoms with Gasteiger partial charge in [-0.05, 0) is 12.5 Å². The summed E-state index contributed by atoms with van der Waals surface area (Å²) in [6.07, 6.45) is 0. The minimum absolute atomic E-state index is 0.804. The zero-order chi connectivity index (χ0) is 11.1. The summed E-state index contributed by atoms with van der Waals surface area (Å²) in [5.41, 5.74) is 0. The van der Waals surface area contributed by atoms with Crippen molar-refractivity contribution >= 4 is 0 Å². The van der Waals surface area contributed by atoms with Crippen molar-refractivity contribution in [1.29, 1.82) is 0 Å². The van der Waals surface area contributed by atoms with Gasteiger partial charge in [-0.25, -0.2) is 0 Å². The van der Waals surface area contributed by atoms with Crippen LogP contribution in [0.4, 0.5) is 0 Å². The van der Waals surface area contributed by atoms with Crippen LogP contribution in [0.2, 0.25) is 0 Å². The molecular weight excluding hydrogens is 186 g/mol. The molecule has 0 aromatic rings. The van der Waals surface area contributed by atoms with Crippen molar-refractivity contribution in [2.45, 2.75) is 20.8 Å². The lowest BCUT2D eigenvalue weighted by Crippen LogP contribution is -2.48. The van der Waals surface area contributed by atoms with E-state index in [1.54, 1.807) is 0 Å². The van der Waals surface area contributed by atoms with Crippen LogP contribution in [-0.2, 0) is 0 Å². The number of likely N-dealkylation sites (N-methyl/N-ethyl adjacent to an activating group) is 1. The third kappa shape index (κ3) is 5.50. The summed E-state index contributed by atoms with van der Waals surface area (Å²) >= 11 is 0. The maximum absolute atomic E-state index is 3.38. The second-order valence-corrected chi connectivity index (χ2v) is 4.89. The molecule has 1 fully saturated rings. The third-order valence-corrected chi connectivity index (χ3v) is 2.94. The van der Waals surface area contributed by atoms with E-state index in [9.17, 15) is 0 Å². The maximum Gasteiger partial charge on any atom is 0.0110 e. The number of hydrogen-bond donors (Lipinski definition) is 1. The lowest BCUT2D eigenvalue weighted by Gasteiger charge is -2.35. The minimum Gasteiger partial charge on any atom is -0.316 e. The van der Waals surface area contributed by atoms with E-state index in [4.69, 9.17) is 0 Å². The van der Waals surface area contributed by atoms with Crippen molar-refractivity contribution in [1.82, 2.24) is 15.1 Å². The highest BCUT2D eigenvalue weighted by atomic mass is 15.3. The lowest BCUT2D eigenvalue weighted by molar-refractivity contribution is 0.123. The molecule has 1 saturated heterocycles. The standard InChI is InChI=1S/C12H27N3/c1-4-13-5-6-14-7-9-15(10-8-14)11-12(2)3/h12-13H,4-11H2,1-3H3. The first-order valence-electron chi connectivity index (χ1n) is 6.37. The number of nitrogens with zero attached hydrogens (tertiary/aromatic N) is 2. The summed E-state index contributed by atoms with van der Waals surface area (Å²) in [5, 5.41) is 3.38. The Morgan fingerprint density at radius 3 is 2.20 bits per heavy atom. The van der Waals surface area contributed by atoms with E-state index >= 15 is 0 Å². The molecular formula is C12H27N3. The summed E-state index contributed by atoms with van der Waals surface area (Å²) in [6, 6.07) is 0. The van der Waals surface area contributed by atoms with Crippen LogP contribution in [-0.4, -0.2) is 62.2 Å². The lowest BCUT2D eigenvalue weighted by atomic mass is 10.2. The summed E-state index contributed by atoms with van der Waals surface area (Å²) in [6.45, 7) is 16.5. The van der Waals surface area contributed by atoms with Crippen LogP contribution in [0.25, 0.3) is 0 Å². The Hall–Kier alpha value is -0.120. The SMILES string of the molecule is CCNCCN1CCN(CC(C)C)CC1. The number of piperazine rings is 1. The van der Waals surface area contributed by atoms with Crippen molar-refractivity contribution in [3.05, 3.63) is 0 Å². The molecule has 1 aliphatic heterocycles. The van der Waals surface area contributed by atoms with Crippen LogP contribution in [0.5, 0.6) is 0 Å². The fourth-order valence-corrected chi connectivity index (χ4v) is 2.13. The molecule has 3 nitrogen and oxygen atoms in total. The van der Waals surface area contributed by atoms with Gasteiger partial charge in [0.15, 0.2) is 0 Å². The zero-order valence-corrected chi connectivity index (χ0v) is 10.6. The summed E-state index contributed by atoms with van der Waals surface area (Å²) < 4.78 is 0. The number of rotatable bonds is 6.